The van der Waals surface area contributed by atoms with Crippen molar-refractivity contribution >= 4 is 17.3 Å². The molecule has 0 saturated carbocycles. The third-order valence-electron chi connectivity index (χ3n) is 4.48. The molecular weight excluding hydrogens is 366 g/mol. The molecule has 0 aliphatic rings. The number of pyridine rings is 1. The van der Waals surface area contributed by atoms with Crippen LogP contribution in [0.3, 0.4) is 0 Å². The van der Waals surface area contributed by atoms with Gasteiger partial charge in [0, 0.05) is 17.8 Å². The first-order valence-electron chi connectivity index (χ1n) is 9.41. The van der Waals surface area contributed by atoms with Gasteiger partial charge in [0.2, 0.25) is 5.95 Å². The minimum Gasteiger partial charge on any atom is -0.497 e. The molecule has 0 saturated heterocycles. The van der Waals surface area contributed by atoms with E-state index in [1.54, 1.807) is 7.11 Å². The van der Waals surface area contributed by atoms with Crippen molar-refractivity contribution in [2.45, 2.75) is 0 Å². The van der Waals surface area contributed by atoms with Crippen molar-refractivity contribution in [2.24, 2.45) is 0 Å². The summed E-state index contributed by atoms with van der Waals surface area (Å²) in [6, 6.07) is 21.6. The summed E-state index contributed by atoms with van der Waals surface area (Å²) in [6.45, 7) is 1.44. The molecule has 0 aliphatic carbocycles. The zero-order chi connectivity index (χ0) is 20.1. The molecule has 148 valence electrons. The van der Waals surface area contributed by atoms with E-state index in [1.165, 1.54) is 0 Å². The molecule has 7 nitrogen and oxygen atoms in total. The van der Waals surface area contributed by atoms with Crippen LogP contribution in [0.4, 0.5) is 11.6 Å². The third kappa shape index (κ3) is 4.30. The van der Waals surface area contributed by atoms with Gasteiger partial charge in [0.05, 0.1) is 12.8 Å². The molecule has 0 bridgehead atoms. The first kappa shape index (κ1) is 18.8. The number of anilines is 2. The Morgan fingerprint density at radius 2 is 1.69 bits per heavy atom. The summed E-state index contributed by atoms with van der Waals surface area (Å²) in [5.74, 6) is 2.19. The number of likely N-dealkylation sites (N-methyl/N-ethyl adjacent to an activating group) is 1. The molecule has 4 aromatic rings. The van der Waals surface area contributed by atoms with Gasteiger partial charge in [-0.2, -0.15) is 4.98 Å². The fourth-order valence-electron chi connectivity index (χ4n) is 2.97. The van der Waals surface area contributed by atoms with Crippen LogP contribution in [-0.2, 0) is 0 Å². The fourth-order valence-corrected chi connectivity index (χ4v) is 2.97. The second kappa shape index (κ2) is 8.62. The van der Waals surface area contributed by atoms with Crippen LogP contribution in [0.25, 0.3) is 16.9 Å². The summed E-state index contributed by atoms with van der Waals surface area (Å²) in [5.41, 5.74) is 3.66. The van der Waals surface area contributed by atoms with Crippen molar-refractivity contribution in [3.8, 4) is 22.8 Å². The van der Waals surface area contributed by atoms with Crippen LogP contribution >= 0.6 is 0 Å². The largest absolute Gasteiger partial charge is 0.497 e. The summed E-state index contributed by atoms with van der Waals surface area (Å²) < 4.78 is 12.7. The Balaban J connectivity index is 1.54. The van der Waals surface area contributed by atoms with E-state index in [-0.39, 0.29) is 0 Å². The zero-order valence-electron chi connectivity index (χ0n) is 16.4. The van der Waals surface area contributed by atoms with E-state index in [4.69, 9.17) is 9.47 Å². The van der Waals surface area contributed by atoms with Crippen LogP contribution in [0.1, 0.15) is 0 Å². The second-order valence-corrected chi connectivity index (χ2v) is 6.45. The Bertz CT molecular complexity index is 1070. The van der Waals surface area contributed by atoms with Gasteiger partial charge in [-0.25, -0.2) is 4.52 Å². The van der Waals surface area contributed by atoms with Crippen LogP contribution in [0.2, 0.25) is 0 Å². The van der Waals surface area contributed by atoms with Crippen molar-refractivity contribution in [3.63, 3.8) is 0 Å². The predicted molar refractivity (Wildman–Crippen MR) is 114 cm³/mol. The molecule has 4 rings (SSSR count). The number of benzene rings is 2. The van der Waals surface area contributed by atoms with Gasteiger partial charge < -0.3 is 20.1 Å². The molecule has 0 radical (unpaired) electrons. The molecule has 0 amide bonds. The number of hydrogen-bond acceptors (Lipinski definition) is 6. The number of aromatic nitrogens is 3. The highest BCUT2D eigenvalue weighted by atomic mass is 16.5. The number of ether oxygens (including phenoxy) is 2. The number of fused-ring (bicyclic) bond motifs is 1. The molecule has 2 N–H and O–H groups in total. The van der Waals surface area contributed by atoms with Gasteiger partial charge >= 0.3 is 0 Å². The zero-order valence-corrected chi connectivity index (χ0v) is 16.4. The van der Waals surface area contributed by atoms with Crippen LogP contribution in [0, 0.1) is 0 Å². The Kier molecular flexibility index (Phi) is 5.58. The van der Waals surface area contributed by atoms with Gasteiger partial charge in [-0.05, 0) is 67.7 Å². The average Bonchev–Trinajstić information content (AvgIpc) is 3.18. The molecule has 0 fully saturated rings. The molecule has 2 heterocycles. The molecule has 0 unspecified atom stereocenters. The van der Waals surface area contributed by atoms with Crippen LogP contribution in [0.15, 0.2) is 66.7 Å². The van der Waals surface area contributed by atoms with Gasteiger partial charge in [0.1, 0.15) is 18.1 Å². The van der Waals surface area contributed by atoms with Crippen LogP contribution in [0.5, 0.6) is 11.5 Å². The normalized spacial score (nSPS) is 10.8. The van der Waals surface area contributed by atoms with E-state index in [2.05, 4.69) is 20.7 Å². The number of rotatable bonds is 8. The summed E-state index contributed by atoms with van der Waals surface area (Å²) in [7, 11) is 3.56. The first-order valence-corrected chi connectivity index (χ1v) is 9.41. The van der Waals surface area contributed by atoms with E-state index in [0.717, 1.165) is 40.6 Å². The van der Waals surface area contributed by atoms with Gasteiger partial charge in [0.25, 0.3) is 0 Å². The predicted octanol–water partition coefficient (Wildman–Crippen LogP) is 3.75. The fraction of sp³-hybridized carbons (Fsp3) is 0.182. The lowest BCUT2D eigenvalue weighted by Crippen LogP contribution is -2.15. The maximum Gasteiger partial charge on any atom is 0.247 e. The van der Waals surface area contributed by atoms with E-state index in [9.17, 15) is 0 Å². The lowest BCUT2D eigenvalue weighted by atomic mass is 10.1. The lowest BCUT2D eigenvalue weighted by molar-refractivity contribution is 0.318. The average molecular weight is 389 g/mol. The standard InChI is InChI=1S/C22H23N5O2/c1-23-14-15-29-19-12-8-17(9-13-19)24-22-25-21-5-3-4-20(27(21)26-22)16-6-10-18(28-2)11-7-16/h3-13,23H,14-15H2,1-2H3,(H,24,26). The first-order chi connectivity index (χ1) is 14.3. The highest BCUT2D eigenvalue weighted by Gasteiger charge is 2.09. The highest BCUT2D eigenvalue weighted by Crippen LogP contribution is 2.24. The smallest absolute Gasteiger partial charge is 0.247 e. The number of nitrogens with zero attached hydrogens (tertiary/aromatic N) is 3. The van der Waals surface area contributed by atoms with Gasteiger partial charge in [-0.3, -0.25) is 0 Å². The highest BCUT2D eigenvalue weighted by molar-refractivity contribution is 5.65. The molecule has 29 heavy (non-hydrogen) atoms. The molecular formula is C22H23N5O2. The topological polar surface area (TPSA) is 72.7 Å². The summed E-state index contributed by atoms with van der Waals surface area (Å²) in [5, 5.41) is 10.9. The van der Waals surface area contributed by atoms with Gasteiger partial charge in [-0.1, -0.05) is 6.07 Å². The lowest BCUT2D eigenvalue weighted by Gasteiger charge is -2.07. The third-order valence-corrected chi connectivity index (χ3v) is 4.48. The van der Waals surface area contributed by atoms with E-state index < -0.39 is 0 Å². The van der Waals surface area contributed by atoms with Crippen LogP contribution in [-0.4, -0.2) is 41.9 Å². The minimum absolute atomic E-state index is 0.537. The maximum absolute atomic E-state index is 5.65. The molecule has 0 atom stereocenters. The Labute approximate surface area is 169 Å². The maximum atomic E-state index is 5.65. The van der Waals surface area contributed by atoms with Crippen molar-refractivity contribution < 1.29 is 9.47 Å². The van der Waals surface area contributed by atoms with Crippen molar-refractivity contribution in [1.82, 2.24) is 19.9 Å². The van der Waals surface area contributed by atoms with E-state index in [0.29, 0.717) is 12.6 Å². The number of methoxy groups -OCH3 is 1. The molecule has 0 aliphatic heterocycles. The number of hydrogen-bond donors (Lipinski definition) is 2. The molecule has 7 heteroatoms. The molecule has 2 aromatic carbocycles. The van der Waals surface area contributed by atoms with Gasteiger partial charge in [-0.15, -0.1) is 5.10 Å². The summed E-state index contributed by atoms with van der Waals surface area (Å²) in [6.07, 6.45) is 0. The summed E-state index contributed by atoms with van der Waals surface area (Å²) >= 11 is 0. The SMILES string of the molecule is CNCCOc1ccc(Nc2nc3cccc(-c4ccc(OC)cc4)n3n2)cc1. The van der Waals surface area contributed by atoms with Crippen molar-refractivity contribution in [3.05, 3.63) is 66.7 Å². The monoisotopic (exact) mass is 389 g/mol. The van der Waals surface area contributed by atoms with E-state index >= 15 is 0 Å². The quantitative estimate of drug-likeness (QED) is 0.447. The van der Waals surface area contributed by atoms with Crippen molar-refractivity contribution in [2.75, 3.05) is 32.6 Å². The Morgan fingerprint density at radius 1 is 0.931 bits per heavy atom. The van der Waals surface area contributed by atoms with E-state index in [1.807, 2.05) is 78.3 Å². The minimum atomic E-state index is 0.537. The van der Waals surface area contributed by atoms with Crippen molar-refractivity contribution in [1.29, 1.82) is 0 Å². The van der Waals surface area contributed by atoms with Gasteiger partial charge in [0.15, 0.2) is 5.65 Å². The number of nitrogens with one attached hydrogen (secondary N) is 2. The molecule has 0 spiro atoms. The Hall–Kier alpha value is -3.58. The Morgan fingerprint density at radius 3 is 2.41 bits per heavy atom. The molecule has 2 aromatic heterocycles. The van der Waals surface area contributed by atoms with Crippen LogP contribution < -0.4 is 20.1 Å². The second-order valence-electron chi connectivity index (χ2n) is 6.45. The summed E-state index contributed by atoms with van der Waals surface area (Å²) in [4.78, 5) is 4.59.